The summed E-state index contributed by atoms with van der Waals surface area (Å²) in [6.07, 6.45) is 0. The second kappa shape index (κ2) is 8.43. The lowest BCUT2D eigenvalue weighted by Gasteiger charge is -2.32. The van der Waals surface area contributed by atoms with E-state index in [-0.39, 0.29) is 21.7 Å². The first-order valence-corrected chi connectivity index (χ1v) is 11.8. The second-order valence-electron chi connectivity index (χ2n) is 13.2. The van der Waals surface area contributed by atoms with E-state index in [0.29, 0.717) is 0 Å². The van der Waals surface area contributed by atoms with Gasteiger partial charge in [0.25, 0.3) is 0 Å². The summed E-state index contributed by atoms with van der Waals surface area (Å²) >= 11 is 0. The van der Waals surface area contributed by atoms with E-state index in [1.54, 1.807) is 14.2 Å². The zero-order chi connectivity index (χ0) is 24.9. The van der Waals surface area contributed by atoms with E-state index in [1.165, 1.54) is 22.3 Å². The fourth-order valence-electron chi connectivity index (χ4n) is 4.08. The summed E-state index contributed by atoms with van der Waals surface area (Å²) in [6.45, 7) is 27.2. The van der Waals surface area contributed by atoms with Gasteiger partial charge in [-0.1, -0.05) is 95.2 Å². The molecule has 0 aromatic heterocycles. The van der Waals surface area contributed by atoms with Crippen LogP contribution in [0.3, 0.4) is 0 Å². The molecule has 2 aromatic carbocycles. The van der Waals surface area contributed by atoms with Crippen molar-refractivity contribution in [2.75, 3.05) is 14.2 Å². The zero-order valence-electron chi connectivity index (χ0n) is 23.1. The van der Waals surface area contributed by atoms with Crippen LogP contribution in [-0.2, 0) is 21.7 Å². The highest BCUT2D eigenvalue weighted by molar-refractivity contribution is 5.81. The first-order chi connectivity index (χ1) is 14.3. The average Bonchev–Trinajstić information content (AvgIpc) is 2.62. The quantitative estimate of drug-likeness (QED) is 0.478. The van der Waals surface area contributed by atoms with E-state index in [2.05, 4.69) is 107 Å². The van der Waals surface area contributed by atoms with Gasteiger partial charge < -0.3 is 9.47 Å². The molecule has 0 aliphatic rings. The smallest absolute Gasteiger partial charge is 0.130 e. The van der Waals surface area contributed by atoms with Gasteiger partial charge in [-0.05, 0) is 44.9 Å². The van der Waals surface area contributed by atoms with Crippen molar-refractivity contribution in [1.82, 2.24) is 0 Å². The molecule has 0 spiro atoms. The van der Waals surface area contributed by atoms with Crippen LogP contribution in [-0.4, -0.2) is 14.2 Å². The van der Waals surface area contributed by atoms with Crippen molar-refractivity contribution in [1.29, 1.82) is 0 Å². The molecular weight excluding hydrogens is 392 g/mol. The molecule has 2 heteroatoms. The molecule has 0 N–H and O–H groups in total. The van der Waals surface area contributed by atoms with Crippen molar-refractivity contribution < 1.29 is 9.47 Å². The number of methoxy groups -OCH3 is 2. The van der Waals surface area contributed by atoms with Crippen LogP contribution in [0.4, 0.5) is 0 Å². The van der Waals surface area contributed by atoms with Crippen LogP contribution in [0.25, 0.3) is 11.1 Å². The predicted octanol–water partition coefficient (Wildman–Crippen LogP) is 8.56. The van der Waals surface area contributed by atoms with Crippen LogP contribution < -0.4 is 9.47 Å². The highest BCUT2D eigenvalue weighted by Crippen LogP contribution is 2.48. The molecule has 0 amide bonds. The Bertz CT molecular complexity index is 887. The van der Waals surface area contributed by atoms with Gasteiger partial charge in [0, 0.05) is 22.3 Å². The lowest BCUT2D eigenvalue weighted by atomic mass is 9.75. The zero-order valence-corrected chi connectivity index (χ0v) is 23.1. The van der Waals surface area contributed by atoms with Crippen molar-refractivity contribution in [2.24, 2.45) is 0 Å². The van der Waals surface area contributed by atoms with Crippen LogP contribution in [0, 0.1) is 0 Å². The van der Waals surface area contributed by atoms with Gasteiger partial charge in [0.05, 0.1) is 14.2 Å². The first-order valence-electron chi connectivity index (χ1n) is 11.8. The normalized spacial score (nSPS) is 13.3. The van der Waals surface area contributed by atoms with Gasteiger partial charge in [0.15, 0.2) is 0 Å². The molecule has 0 heterocycles. The second-order valence-corrected chi connectivity index (χ2v) is 13.2. The van der Waals surface area contributed by atoms with E-state index >= 15 is 0 Å². The van der Waals surface area contributed by atoms with Crippen LogP contribution in [0.1, 0.15) is 105 Å². The summed E-state index contributed by atoms with van der Waals surface area (Å²) in [5, 5.41) is 0. The van der Waals surface area contributed by atoms with Gasteiger partial charge in [-0.25, -0.2) is 0 Å². The minimum absolute atomic E-state index is 0.0166. The Morgan fingerprint density at radius 1 is 0.438 bits per heavy atom. The third-order valence-corrected chi connectivity index (χ3v) is 6.22. The number of benzene rings is 2. The van der Waals surface area contributed by atoms with E-state index < -0.39 is 0 Å². The lowest BCUT2D eigenvalue weighted by molar-refractivity contribution is 0.391. The van der Waals surface area contributed by atoms with Crippen molar-refractivity contribution >= 4 is 0 Å². The van der Waals surface area contributed by atoms with Crippen molar-refractivity contribution in [2.45, 2.75) is 105 Å². The molecule has 0 atom stereocenters. The van der Waals surface area contributed by atoms with Crippen LogP contribution in [0.15, 0.2) is 24.3 Å². The molecule has 0 saturated heterocycles. The minimum atomic E-state index is -0.0525. The summed E-state index contributed by atoms with van der Waals surface area (Å²) < 4.78 is 12.2. The molecule has 0 aliphatic carbocycles. The third kappa shape index (κ3) is 5.33. The molecule has 0 saturated carbocycles. The fraction of sp³-hybridized carbons (Fsp3) is 0.600. The highest BCUT2D eigenvalue weighted by Gasteiger charge is 2.31. The van der Waals surface area contributed by atoms with Crippen LogP contribution in [0.2, 0.25) is 0 Å². The molecule has 0 radical (unpaired) electrons. The summed E-state index contributed by atoms with van der Waals surface area (Å²) in [4.78, 5) is 0. The van der Waals surface area contributed by atoms with Crippen molar-refractivity contribution in [3.63, 3.8) is 0 Å². The maximum atomic E-state index is 6.12. The Labute approximate surface area is 197 Å². The number of rotatable bonds is 3. The van der Waals surface area contributed by atoms with Crippen LogP contribution >= 0.6 is 0 Å². The third-order valence-electron chi connectivity index (χ3n) is 6.22. The lowest BCUT2D eigenvalue weighted by Crippen LogP contribution is -2.20. The monoisotopic (exact) mass is 438 g/mol. The molecular formula is C30H46O2. The Balaban J connectivity index is 3.14. The molecule has 0 unspecified atom stereocenters. The Morgan fingerprint density at radius 3 is 0.906 bits per heavy atom. The molecule has 0 bridgehead atoms. The Hall–Kier alpha value is -1.96. The van der Waals surface area contributed by atoms with Crippen molar-refractivity contribution in [3.05, 3.63) is 46.5 Å². The molecule has 2 rings (SSSR count). The molecule has 0 fully saturated rings. The van der Waals surface area contributed by atoms with Crippen LogP contribution in [0.5, 0.6) is 11.5 Å². The summed E-state index contributed by atoms with van der Waals surface area (Å²) in [7, 11) is 3.57. The Kier molecular flexibility index (Phi) is 6.93. The molecule has 2 nitrogen and oxygen atoms in total. The summed E-state index contributed by atoms with van der Waals surface area (Å²) in [5.74, 6) is 1.88. The standard InChI is InChI=1S/C30H46O2/c1-27(2,3)19-15-21(25(31-13)23(17-19)29(7,8)9)22-16-20(28(4,5)6)18-24(26(22)32-14)30(10,11)12/h15-18H,1-14H3. The number of hydrogen-bond acceptors (Lipinski definition) is 2. The number of hydrogen-bond donors (Lipinski definition) is 0. The summed E-state index contributed by atoms with van der Waals surface area (Å²) in [5.41, 5.74) is 7.21. The van der Waals surface area contributed by atoms with Crippen molar-refractivity contribution in [3.8, 4) is 22.6 Å². The number of ether oxygens (including phenoxy) is 2. The topological polar surface area (TPSA) is 18.5 Å². The maximum Gasteiger partial charge on any atom is 0.130 e. The summed E-state index contributed by atoms with van der Waals surface area (Å²) in [6, 6.07) is 9.27. The van der Waals surface area contributed by atoms with Gasteiger partial charge >= 0.3 is 0 Å². The molecule has 0 aliphatic heterocycles. The average molecular weight is 439 g/mol. The van der Waals surface area contributed by atoms with Gasteiger partial charge in [0.2, 0.25) is 0 Å². The van der Waals surface area contributed by atoms with E-state index in [9.17, 15) is 0 Å². The van der Waals surface area contributed by atoms with E-state index in [4.69, 9.17) is 9.47 Å². The maximum absolute atomic E-state index is 6.12. The van der Waals surface area contributed by atoms with Gasteiger partial charge in [-0.3, -0.25) is 0 Å². The minimum Gasteiger partial charge on any atom is -0.496 e. The van der Waals surface area contributed by atoms with Gasteiger partial charge in [-0.15, -0.1) is 0 Å². The van der Waals surface area contributed by atoms with E-state index in [1.807, 2.05) is 0 Å². The molecule has 2 aromatic rings. The SMILES string of the molecule is COc1c(-c2cc(C(C)(C)C)cc(C(C)(C)C)c2OC)cc(C(C)(C)C)cc1C(C)(C)C. The predicted molar refractivity (Wildman–Crippen MR) is 140 cm³/mol. The largest absolute Gasteiger partial charge is 0.496 e. The fourth-order valence-corrected chi connectivity index (χ4v) is 4.08. The Morgan fingerprint density at radius 2 is 0.719 bits per heavy atom. The first kappa shape index (κ1) is 26.3. The van der Waals surface area contributed by atoms with Gasteiger partial charge in [-0.2, -0.15) is 0 Å². The highest BCUT2D eigenvalue weighted by atomic mass is 16.5. The van der Waals surface area contributed by atoms with Gasteiger partial charge in [0.1, 0.15) is 11.5 Å². The molecule has 178 valence electrons. The molecule has 32 heavy (non-hydrogen) atoms. The van der Waals surface area contributed by atoms with E-state index in [0.717, 1.165) is 22.6 Å².